The fourth-order valence-corrected chi connectivity index (χ4v) is 1.99. The van der Waals surface area contributed by atoms with Crippen LogP contribution in [0.5, 0.6) is 0 Å². The number of ketones is 1. The number of hydrogen-bond donors (Lipinski definition) is 1. The van der Waals surface area contributed by atoms with Crippen molar-refractivity contribution in [2.24, 2.45) is 0 Å². The lowest BCUT2D eigenvalue weighted by atomic mass is 10.2. The van der Waals surface area contributed by atoms with E-state index in [1.54, 1.807) is 11.8 Å². The zero-order valence-corrected chi connectivity index (χ0v) is 7.91. The minimum atomic E-state index is 0.262. The fourth-order valence-electron chi connectivity index (χ4n) is 1.17. The number of nitrogens with zero attached hydrogens (tertiary/aromatic N) is 1. The summed E-state index contributed by atoms with van der Waals surface area (Å²) in [5.74, 6) is 0.357. The summed E-state index contributed by atoms with van der Waals surface area (Å²) in [6.07, 6.45) is 2.02. The van der Waals surface area contributed by atoms with Gasteiger partial charge in [0.25, 0.3) is 0 Å². The van der Waals surface area contributed by atoms with Crippen LogP contribution in [0.4, 0.5) is 0 Å². The molecule has 1 aliphatic heterocycles. The molecule has 0 saturated carbocycles. The number of quaternary nitrogens is 1. The van der Waals surface area contributed by atoms with Gasteiger partial charge in [-0.15, -0.1) is 12.6 Å². The molecule has 0 aromatic heterocycles. The Labute approximate surface area is 71.0 Å². The van der Waals surface area contributed by atoms with E-state index in [0.717, 1.165) is 4.48 Å². The third kappa shape index (κ3) is 1.33. The summed E-state index contributed by atoms with van der Waals surface area (Å²) in [4.78, 5) is 10.7. The highest BCUT2D eigenvalue weighted by Gasteiger charge is 2.43. The van der Waals surface area contributed by atoms with Crippen LogP contribution in [0.25, 0.3) is 0 Å². The van der Waals surface area contributed by atoms with E-state index in [0.29, 0.717) is 18.9 Å². The van der Waals surface area contributed by atoms with Crippen molar-refractivity contribution in [3.05, 3.63) is 0 Å². The van der Waals surface area contributed by atoms with Gasteiger partial charge in [-0.2, -0.15) is 0 Å². The molecule has 0 aliphatic carbocycles. The molecular weight excluding hydrogens is 166 g/mol. The number of carbonyl (C=O) groups excluding carboxylic acids is 1. The second-order valence-electron chi connectivity index (χ2n) is 2.90. The molecule has 0 aromatic carbocycles. The first kappa shape index (κ1) is 8.43. The van der Waals surface area contributed by atoms with E-state index in [9.17, 15) is 4.79 Å². The van der Waals surface area contributed by atoms with Gasteiger partial charge >= 0.3 is 0 Å². The number of hydrogen-bond acceptors (Lipinski definition) is 3. The van der Waals surface area contributed by atoms with Crippen LogP contribution in [0.1, 0.15) is 0 Å². The molecule has 10 heavy (non-hydrogen) atoms. The SMILES string of the molecule is CSC(S)[N+]1(C)CC(=O)C1. The predicted octanol–water partition coefficient (Wildman–Crippen LogP) is 0.592. The molecule has 2 nitrogen and oxygen atoms in total. The van der Waals surface area contributed by atoms with Crippen molar-refractivity contribution in [2.75, 3.05) is 26.4 Å². The van der Waals surface area contributed by atoms with Crippen molar-refractivity contribution in [2.45, 2.75) is 4.71 Å². The van der Waals surface area contributed by atoms with Gasteiger partial charge in [-0.1, -0.05) is 11.8 Å². The van der Waals surface area contributed by atoms with Crippen LogP contribution in [-0.4, -0.2) is 41.4 Å². The van der Waals surface area contributed by atoms with Crippen molar-refractivity contribution in [1.82, 2.24) is 0 Å². The van der Waals surface area contributed by atoms with Gasteiger partial charge in [-0.25, -0.2) is 0 Å². The molecule has 1 unspecified atom stereocenters. The van der Waals surface area contributed by atoms with E-state index in [1.807, 2.05) is 6.26 Å². The van der Waals surface area contributed by atoms with Gasteiger partial charge in [0.1, 0.15) is 13.1 Å². The lowest BCUT2D eigenvalue weighted by Crippen LogP contribution is -2.64. The molecule has 58 valence electrons. The van der Waals surface area contributed by atoms with Crippen LogP contribution in [-0.2, 0) is 4.79 Å². The smallest absolute Gasteiger partial charge is 0.240 e. The maximum absolute atomic E-state index is 10.7. The minimum absolute atomic E-state index is 0.262. The highest BCUT2D eigenvalue weighted by atomic mass is 32.2. The molecule has 1 aliphatic rings. The number of rotatable bonds is 2. The van der Waals surface area contributed by atoms with E-state index in [2.05, 4.69) is 19.7 Å². The Morgan fingerprint density at radius 2 is 2.20 bits per heavy atom. The molecule has 0 radical (unpaired) electrons. The van der Waals surface area contributed by atoms with Gasteiger partial charge in [0.2, 0.25) is 5.78 Å². The Hall–Kier alpha value is 0.330. The second kappa shape index (κ2) is 2.75. The van der Waals surface area contributed by atoms with Crippen LogP contribution in [0.2, 0.25) is 0 Å². The molecular formula is C6H12NOS2+. The molecule has 1 fully saturated rings. The monoisotopic (exact) mass is 178 g/mol. The number of Topliss-reactive ketones (excluding diaryl/α,β-unsaturated/α-hetero) is 1. The van der Waals surface area contributed by atoms with E-state index in [4.69, 9.17) is 0 Å². The molecule has 0 amide bonds. The molecule has 1 heterocycles. The summed E-state index contributed by atoms with van der Waals surface area (Å²) in [6, 6.07) is 0. The van der Waals surface area contributed by atoms with E-state index in [1.165, 1.54) is 0 Å². The Bertz CT molecular complexity index is 152. The van der Waals surface area contributed by atoms with Crippen molar-refractivity contribution < 1.29 is 9.28 Å². The number of thiol groups is 1. The first-order chi connectivity index (χ1) is 4.58. The summed E-state index contributed by atoms with van der Waals surface area (Å²) in [5.41, 5.74) is 0. The van der Waals surface area contributed by atoms with Crippen LogP contribution in [0.15, 0.2) is 0 Å². The lowest BCUT2D eigenvalue weighted by molar-refractivity contribution is -0.912. The Kier molecular flexibility index (Phi) is 2.32. The standard InChI is InChI=1S/C6H11NOS2/c1-7(6(9)10-2)3-5(8)4-7/h6H,3-4H2,1-2H3/p+1. The Morgan fingerprint density at radius 3 is 2.50 bits per heavy atom. The quantitative estimate of drug-likeness (QED) is 0.379. The van der Waals surface area contributed by atoms with Gasteiger partial charge in [0.05, 0.1) is 7.05 Å². The van der Waals surface area contributed by atoms with Crippen molar-refractivity contribution in [1.29, 1.82) is 0 Å². The normalized spacial score (nSPS) is 25.7. The number of likely N-dealkylation sites (tertiary alicyclic amines) is 1. The fraction of sp³-hybridized carbons (Fsp3) is 0.833. The maximum atomic E-state index is 10.7. The number of thioether (sulfide) groups is 1. The third-order valence-electron chi connectivity index (χ3n) is 1.82. The topological polar surface area (TPSA) is 17.1 Å². The minimum Gasteiger partial charge on any atom is -0.294 e. The Balaban J connectivity index is 2.47. The molecule has 1 saturated heterocycles. The average molecular weight is 178 g/mol. The van der Waals surface area contributed by atoms with Crippen molar-refractivity contribution in [3.8, 4) is 0 Å². The maximum Gasteiger partial charge on any atom is 0.240 e. The third-order valence-corrected chi connectivity index (χ3v) is 3.94. The molecule has 1 atom stereocenters. The van der Waals surface area contributed by atoms with E-state index >= 15 is 0 Å². The summed E-state index contributed by atoms with van der Waals surface area (Å²) < 4.78 is 1.06. The molecule has 0 spiro atoms. The van der Waals surface area contributed by atoms with Gasteiger partial charge in [0.15, 0.2) is 4.71 Å². The van der Waals surface area contributed by atoms with Crippen LogP contribution in [0, 0.1) is 0 Å². The molecule has 0 bridgehead atoms. The first-order valence-corrected chi connectivity index (χ1v) is 4.96. The summed E-state index contributed by atoms with van der Waals surface area (Å²) >= 11 is 6.06. The highest BCUT2D eigenvalue weighted by molar-refractivity contribution is 8.09. The number of carbonyl (C=O) groups is 1. The van der Waals surface area contributed by atoms with E-state index < -0.39 is 0 Å². The second-order valence-corrected chi connectivity index (χ2v) is 4.65. The molecule has 1 rings (SSSR count). The number of likely N-dealkylation sites (N-methyl/N-ethyl adjacent to an activating group) is 1. The largest absolute Gasteiger partial charge is 0.294 e. The van der Waals surface area contributed by atoms with Gasteiger partial charge in [0, 0.05) is 0 Å². The Morgan fingerprint density at radius 1 is 1.70 bits per heavy atom. The van der Waals surface area contributed by atoms with Crippen LogP contribution in [0.3, 0.4) is 0 Å². The summed E-state index contributed by atoms with van der Waals surface area (Å²) in [6.45, 7) is 1.32. The van der Waals surface area contributed by atoms with Crippen LogP contribution >= 0.6 is 24.4 Å². The first-order valence-electron chi connectivity index (χ1n) is 3.15. The van der Waals surface area contributed by atoms with Gasteiger partial charge in [-0.3, -0.25) is 9.28 Å². The summed E-state index contributed by atoms with van der Waals surface area (Å²) in [7, 11) is 2.07. The lowest BCUT2D eigenvalue weighted by Gasteiger charge is -2.43. The highest BCUT2D eigenvalue weighted by Crippen LogP contribution is 2.27. The molecule has 0 N–H and O–H groups in total. The van der Waals surface area contributed by atoms with Crippen molar-refractivity contribution >= 4 is 30.2 Å². The van der Waals surface area contributed by atoms with Gasteiger partial charge < -0.3 is 0 Å². The summed E-state index contributed by atoms with van der Waals surface area (Å²) in [5, 5.41) is 0. The molecule has 0 aromatic rings. The molecule has 4 heteroatoms. The van der Waals surface area contributed by atoms with Gasteiger partial charge in [-0.05, 0) is 6.26 Å². The average Bonchev–Trinajstić information content (AvgIpc) is 1.83. The zero-order valence-electron chi connectivity index (χ0n) is 6.20. The van der Waals surface area contributed by atoms with E-state index in [-0.39, 0.29) is 4.71 Å². The van der Waals surface area contributed by atoms with Crippen LogP contribution < -0.4 is 0 Å². The van der Waals surface area contributed by atoms with Crippen molar-refractivity contribution in [3.63, 3.8) is 0 Å². The predicted molar refractivity (Wildman–Crippen MR) is 47.2 cm³/mol. The zero-order chi connectivity index (χ0) is 7.78.